The normalized spacial score (nSPS) is 22.5. The number of fused-ring (bicyclic) bond motifs is 1. The van der Waals surface area contributed by atoms with Gasteiger partial charge in [-0.05, 0) is 52.5 Å². The van der Waals surface area contributed by atoms with Crippen molar-refractivity contribution in [1.29, 1.82) is 0 Å². The number of anilines is 1. The van der Waals surface area contributed by atoms with Gasteiger partial charge in [-0.2, -0.15) is 4.98 Å². The fourth-order valence-electron chi connectivity index (χ4n) is 8.34. The number of ether oxygens (including phenoxy) is 3. The van der Waals surface area contributed by atoms with Gasteiger partial charge in [0.15, 0.2) is 6.10 Å². The van der Waals surface area contributed by atoms with E-state index in [0.717, 1.165) is 0 Å². The van der Waals surface area contributed by atoms with Gasteiger partial charge in [0, 0.05) is 24.4 Å². The number of nitrogens with one attached hydrogen (secondary N) is 1. The van der Waals surface area contributed by atoms with Gasteiger partial charge in [0.1, 0.15) is 28.3 Å². The van der Waals surface area contributed by atoms with Gasteiger partial charge in [-0.1, -0.05) is 73.6 Å². The van der Waals surface area contributed by atoms with Crippen molar-refractivity contribution in [2.45, 2.75) is 100 Å². The second kappa shape index (κ2) is 15.7. The molecule has 5 rings (SSSR count). The molecular weight excluding hydrogens is 703 g/mol. The Bertz CT molecular complexity index is 1750. The summed E-state index contributed by atoms with van der Waals surface area (Å²) in [4.78, 5) is 44.9. The number of carbonyl (C=O) groups is 2. The lowest BCUT2D eigenvalue weighted by molar-refractivity contribution is -0.0154. The van der Waals surface area contributed by atoms with E-state index in [1.54, 1.807) is 61.8 Å². The van der Waals surface area contributed by atoms with E-state index in [1.165, 1.54) is 23.4 Å². The molecule has 0 unspecified atom stereocenters. The number of rotatable bonds is 11. The number of carbonyl (C=O) groups excluding carboxylic acids is 2. The minimum Gasteiger partial charge on any atom is -0.497 e. The summed E-state index contributed by atoms with van der Waals surface area (Å²) in [6.45, 7) is 18.5. The van der Waals surface area contributed by atoms with E-state index in [1.807, 2.05) is 6.07 Å². The molecular formula is C37H51N3O8SSi2. The Morgan fingerprint density at radius 1 is 0.902 bits per heavy atom. The van der Waals surface area contributed by atoms with Gasteiger partial charge in [0.2, 0.25) is 15.7 Å². The maximum Gasteiger partial charge on any atom is 0.350 e. The molecule has 51 heavy (non-hydrogen) atoms. The van der Waals surface area contributed by atoms with Crippen LogP contribution < -0.4 is 20.5 Å². The number of hydrogen-bond donors (Lipinski definition) is 1. The van der Waals surface area contributed by atoms with Crippen LogP contribution in [0.4, 0.5) is 5.82 Å². The van der Waals surface area contributed by atoms with Crippen LogP contribution in [0.5, 0.6) is 11.5 Å². The highest BCUT2D eigenvalue weighted by molar-refractivity contribution is 8.00. The van der Waals surface area contributed by atoms with Crippen LogP contribution in [-0.4, -0.2) is 75.4 Å². The molecule has 276 valence electrons. The van der Waals surface area contributed by atoms with Crippen LogP contribution in [0.2, 0.25) is 22.2 Å². The zero-order valence-corrected chi connectivity index (χ0v) is 34.0. The van der Waals surface area contributed by atoms with Gasteiger partial charge in [-0.25, -0.2) is 9.59 Å². The predicted octanol–water partition coefficient (Wildman–Crippen LogP) is 7.38. The zero-order valence-electron chi connectivity index (χ0n) is 31.2. The van der Waals surface area contributed by atoms with Gasteiger partial charge in [0.05, 0.1) is 25.6 Å². The topological polar surface area (TPSA) is 127 Å². The van der Waals surface area contributed by atoms with Crippen molar-refractivity contribution in [2.24, 2.45) is 0 Å². The minimum atomic E-state index is -2.77. The van der Waals surface area contributed by atoms with Crippen LogP contribution >= 0.6 is 11.8 Å². The van der Waals surface area contributed by atoms with E-state index in [0.29, 0.717) is 34.8 Å². The first-order valence-corrected chi connectivity index (χ1v) is 23.6. The molecule has 2 fully saturated rings. The molecule has 1 N–H and O–H groups in total. The summed E-state index contributed by atoms with van der Waals surface area (Å²) in [6.07, 6.45) is 0.160. The first kappa shape index (κ1) is 38.8. The standard InChI is InChI=1S/C37H51N3O8SSi2/c1-22(2)50(23(3)4)46-21-30-32(48-51(50,24(5)6)25(7)8)33(47-36(42)28-17-16-27(44-9)20-29(28)45-10)35(49-30)40-19-18-31(39-37(40)43)38-34(41)26-14-12-11-13-15-26/h11-20,22-25,30,32-33,35H,21H2,1-10H3,(H,38,39,41,43)/t30-,32-,33-,35-/m1/s1. The fourth-order valence-corrected chi connectivity index (χ4v) is 31.9. The molecule has 2 aromatic carbocycles. The molecule has 0 spiro atoms. The molecule has 0 bridgehead atoms. The quantitative estimate of drug-likeness (QED) is 0.157. The molecule has 1 aromatic heterocycles. The number of methoxy groups -OCH3 is 2. The summed E-state index contributed by atoms with van der Waals surface area (Å²) in [5.41, 5.74) is 1.09. The molecule has 3 aromatic rings. The number of esters is 1. The summed E-state index contributed by atoms with van der Waals surface area (Å²) in [6, 6.07) is 15.2. The highest BCUT2D eigenvalue weighted by Gasteiger charge is 2.69. The lowest BCUT2D eigenvalue weighted by Crippen LogP contribution is -2.73. The van der Waals surface area contributed by atoms with Crippen molar-refractivity contribution in [2.75, 3.05) is 26.1 Å². The Kier molecular flexibility index (Phi) is 11.9. The van der Waals surface area contributed by atoms with Crippen LogP contribution in [0, 0.1) is 0 Å². The van der Waals surface area contributed by atoms with E-state index in [2.05, 4.69) is 65.7 Å². The van der Waals surface area contributed by atoms with Gasteiger partial charge in [-0.3, -0.25) is 9.36 Å². The summed E-state index contributed by atoms with van der Waals surface area (Å²) in [5, 5.41) is 1.80. The van der Waals surface area contributed by atoms with E-state index >= 15 is 0 Å². The third-order valence-corrected chi connectivity index (χ3v) is 32.7. The second-order valence-electron chi connectivity index (χ2n) is 14.4. The van der Waals surface area contributed by atoms with Gasteiger partial charge < -0.3 is 28.4 Å². The highest BCUT2D eigenvalue weighted by atomic mass is 32.2. The SMILES string of the molecule is COc1ccc(C(=O)O[C@@H]2[C@@H]3O[Si](C(C)C)(C(C)C)[Si](C(C)C)(C(C)C)OC[C@H]3S[C@H]2n2ccc(NC(=O)c3ccccc3)nc2=O)c(OC)c1. The van der Waals surface area contributed by atoms with Crippen molar-refractivity contribution < 1.29 is 32.7 Å². The summed E-state index contributed by atoms with van der Waals surface area (Å²) >= 11 is 1.50. The summed E-state index contributed by atoms with van der Waals surface area (Å²) in [5.74, 6) is -0.0266. The van der Waals surface area contributed by atoms with E-state index < -0.39 is 44.9 Å². The Morgan fingerprint density at radius 2 is 1.55 bits per heavy atom. The Labute approximate surface area is 306 Å². The molecule has 0 saturated carbocycles. The number of amides is 1. The Balaban J connectivity index is 1.59. The zero-order chi connectivity index (χ0) is 37.2. The molecule has 2 saturated heterocycles. The fraction of sp³-hybridized carbons (Fsp3) is 0.514. The first-order chi connectivity index (χ1) is 24.2. The Morgan fingerprint density at radius 3 is 2.12 bits per heavy atom. The van der Waals surface area contributed by atoms with E-state index in [4.69, 9.17) is 23.1 Å². The average molecular weight is 754 g/mol. The maximum absolute atomic E-state index is 14.1. The van der Waals surface area contributed by atoms with E-state index in [9.17, 15) is 14.4 Å². The Hall–Kier alpha value is -3.44. The van der Waals surface area contributed by atoms with Crippen LogP contribution in [-0.2, 0) is 13.6 Å². The minimum absolute atomic E-state index is 0.120. The van der Waals surface area contributed by atoms with Crippen molar-refractivity contribution in [3.8, 4) is 11.5 Å². The molecule has 11 nitrogen and oxygen atoms in total. The van der Waals surface area contributed by atoms with E-state index in [-0.39, 0.29) is 33.6 Å². The molecule has 14 heteroatoms. The number of hydrogen-bond acceptors (Lipinski definition) is 10. The largest absolute Gasteiger partial charge is 0.497 e. The van der Waals surface area contributed by atoms with Crippen molar-refractivity contribution in [1.82, 2.24) is 9.55 Å². The van der Waals surface area contributed by atoms with Crippen LogP contribution in [0.25, 0.3) is 0 Å². The predicted molar refractivity (Wildman–Crippen MR) is 205 cm³/mol. The smallest absolute Gasteiger partial charge is 0.350 e. The molecule has 2 aliphatic rings. The van der Waals surface area contributed by atoms with Crippen LogP contribution in [0.1, 0.15) is 81.5 Å². The van der Waals surface area contributed by atoms with Crippen molar-refractivity contribution in [3.63, 3.8) is 0 Å². The highest BCUT2D eigenvalue weighted by Crippen LogP contribution is 2.57. The third-order valence-electron chi connectivity index (χ3n) is 10.4. The van der Waals surface area contributed by atoms with Crippen molar-refractivity contribution >= 4 is 45.1 Å². The lowest BCUT2D eigenvalue weighted by Gasteiger charge is -2.54. The number of nitrogens with zero attached hydrogens (tertiary/aromatic N) is 2. The molecule has 0 radical (unpaired) electrons. The number of aromatic nitrogens is 2. The first-order valence-electron chi connectivity index (χ1n) is 17.6. The third kappa shape index (κ3) is 7.05. The maximum atomic E-state index is 14.1. The molecule has 4 atom stereocenters. The molecule has 0 aliphatic carbocycles. The van der Waals surface area contributed by atoms with Crippen molar-refractivity contribution in [3.05, 3.63) is 82.4 Å². The summed E-state index contributed by atoms with van der Waals surface area (Å²) in [7, 11) is -2.31. The number of thioether (sulfide) groups is 1. The van der Waals surface area contributed by atoms with Gasteiger partial charge >= 0.3 is 11.7 Å². The monoisotopic (exact) mass is 753 g/mol. The lowest BCUT2D eigenvalue weighted by atomic mass is 10.1. The van der Waals surface area contributed by atoms with Crippen LogP contribution in [0.3, 0.4) is 0 Å². The van der Waals surface area contributed by atoms with Gasteiger partial charge in [-0.15, -0.1) is 11.8 Å². The summed E-state index contributed by atoms with van der Waals surface area (Å²) < 4.78 is 33.8. The van der Waals surface area contributed by atoms with Gasteiger partial charge in [0.25, 0.3) is 5.91 Å². The second-order valence-corrected chi connectivity index (χ2v) is 28.8. The average Bonchev–Trinajstić information content (AvgIpc) is 3.32. The molecule has 2 aliphatic heterocycles. The molecule has 1 amide bonds. The molecule has 3 heterocycles. The number of benzene rings is 2. The van der Waals surface area contributed by atoms with Crippen LogP contribution in [0.15, 0.2) is 65.6 Å².